The molecular weight excluding hydrogens is 404 g/mol. The number of ether oxygens (including phenoxy) is 2. The third-order valence-electron chi connectivity index (χ3n) is 4.44. The molecule has 0 fully saturated rings. The Balaban J connectivity index is 1.55. The van der Waals surface area contributed by atoms with Crippen LogP contribution >= 0.6 is 0 Å². The summed E-state index contributed by atoms with van der Waals surface area (Å²) in [6.07, 6.45) is -0.950. The summed E-state index contributed by atoms with van der Waals surface area (Å²) in [5.74, 6) is 0. The molecule has 3 aromatic rings. The number of rotatable bonds is 6. The van der Waals surface area contributed by atoms with Crippen LogP contribution in [0.4, 0.5) is 15.3 Å². The molecule has 166 valence electrons. The topological polar surface area (TPSA) is 76.7 Å². The van der Waals surface area contributed by atoms with E-state index < -0.39 is 17.8 Å². The second-order valence-electron chi connectivity index (χ2n) is 8.32. The molecule has 0 saturated carbocycles. The number of benzene rings is 3. The Kier molecular flexibility index (Phi) is 7.49. The largest absolute Gasteiger partial charge is 0.444 e. The Labute approximate surface area is 188 Å². The Morgan fingerprint density at radius 2 is 1.50 bits per heavy atom. The fourth-order valence-electron chi connectivity index (χ4n) is 2.96. The van der Waals surface area contributed by atoms with E-state index in [1.807, 2.05) is 99.6 Å². The first-order valence-corrected chi connectivity index (χ1v) is 10.4. The van der Waals surface area contributed by atoms with E-state index in [0.29, 0.717) is 12.2 Å². The monoisotopic (exact) mass is 432 g/mol. The molecule has 3 rings (SSSR count). The third-order valence-corrected chi connectivity index (χ3v) is 4.44. The Hall–Kier alpha value is -3.80. The van der Waals surface area contributed by atoms with Gasteiger partial charge in [0.05, 0.1) is 0 Å². The molecule has 0 bridgehead atoms. The van der Waals surface area contributed by atoms with E-state index in [-0.39, 0.29) is 6.61 Å². The summed E-state index contributed by atoms with van der Waals surface area (Å²) in [5, 5.41) is 5.51. The number of carbonyl (C=O) groups excluding carboxylic acids is 2. The molecule has 6 heteroatoms. The lowest BCUT2D eigenvalue weighted by molar-refractivity contribution is 0.0523. The molecule has 0 aliphatic rings. The second-order valence-corrected chi connectivity index (χ2v) is 8.32. The molecule has 0 saturated heterocycles. The summed E-state index contributed by atoms with van der Waals surface area (Å²) in [5.41, 5.74) is 3.96. The second kappa shape index (κ2) is 10.5. The molecule has 0 aromatic heterocycles. The maximum absolute atomic E-state index is 12.1. The van der Waals surface area contributed by atoms with Crippen LogP contribution in [-0.2, 0) is 22.6 Å². The molecule has 3 aromatic carbocycles. The molecule has 2 N–H and O–H groups in total. The Bertz CT molecular complexity index is 1040. The van der Waals surface area contributed by atoms with Crippen LogP contribution in [0.25, 0.3) is 11.1 Å². The summed E-state index contributed by atoms with van der Waals surface area (Å²) < 4.78 is 10.5. The maximum atomic E-state index is 12.1. The van der Waals surface area contributed by atoms with E-state index >= 15 is 0 Å². The van der Waals surface area contributed by atoms with Crippen LogP contribution in [0.1, 0.15) is 31.9 Å². The van der Waals surface area contributed by atoms with Gasteiger partial charge in [-0.05, 0) is 55.2 Å². The normalized spacial score (nSPS) is 10.8. The van der Waals surface area contributed by atoms with Crippen LogP contribution in [0.15, 0.2) is 78.9 Å². The molecule has 2 amide bonds. The first-order chi connectivity index (χ1) is 15.3. The van der Waals surface area contributed by atoms with Crippen LogP contribution in [0.2, 0.25) is 0 Å². The average molecular weight is 433 g/mol. The fraction of sp³-hybridized carbons (Fsp3) is 0.231. The van der Waals surface area contributed by atoms with Crippen molar-refractivity contribution in [2.45, 2.75) is 39.5 Å². The number of carbonyl (C=O) groups is 2. The minimum Gasteiger partial charge on any atom is -0.444 e. The predicted molar refractivity (Wildman–Crippen MR) is 125 cm³/mol. The lowest BCUT2D eigenvalue weighted by Crippen LogP contribution is -2.32. The molecule has 0 aliphatic carbocycles. The molecule has 0 atom stereocenters. The molecule has 0 radical (unpaired) electrons. The molecule has 0 aliphatic heterocycles. The number of anilines is 1. The highest BCUT2D eigenvalue weighted by Crippen LogP contribution is 2.23. The van der Waals surface area contributed by atoms with Crippen LogP contribution in [0, 0.1) is 0 Å². The summed E-state index contributed by atoms with van der Waals surface area (Å²) in [6, 6.07) is 24.9. The van der Waals surface area contributed by atoms with Crippen molar-refractivity contribution in [3.05, 3.63) is 90.0 Å². The van der Waals surface area contributed by atoms with E-state index in [9.17, 15) is 9.59 Å². The highest BCUT2D eigenvalue weighted by Gasteiger charge is 2.15. The van der Waals surface area contributed by atoms with E-state index in [1.54, 1.807) is 0 Å². The standard InChI is InChI=1S/C26H28N2O4/c1-26(2,3)32-24(29)27-17-19-12-14-21(15-13-19)22-10-7-11-23(16-22)28-25(30)31-18-20-8-5-4-6-9-20/h4-16H,17-18H2,1-3H3,(H,27,29)(H,28,30). The fourth-order valence-corrected chi connectivity index (χ4v) is 2.96. The zero-order valence-electron chi connectivity index (χ0n) is 18.6. The summed E-state index contributed by atoms with van der Waals surface area (Å²) >= 11 is 0. The van der Waals surface area contributed by atoms with Crippen LogP contribution in [0.3, 0.4) is 0 Å². The molecular formula is C26H28N2O4. The molecule has 6 nitrogen and oxygen atoms in total. The van der Waals surface area contributed by atoms with Crippen molar-refractivity contribution in [2.75, 3.05) is 5.32 Å². The lowest BCUT2D eigenvalue weighted by Gasteiger charge is -2.19. The first kappa shape index (κ1) is 22.9. The van der Waals surface area contributed by atoms with Gasteiger partial charge in [0.25, 0.3) is 0 Å². The number of hydrogen-bond donors (Lipinski definition) is 2. The van der Waals surface area contributed by atoms with Crippen LogP contribution in [-0.4, -0.2) is 17.8 Å². The van der Waals surface area contributed by atoms with Gasteiger partial charge in [0.15, 0.2) is 0 Å². The van der Waals surface area contributed by atoms with Crippen molar-refractivity contribution in [1.29, 1.82) is 0 Å². The van der Waals surface area contributed by atoms with Gasteiger partial charge in [0.1, 0.15) is 12.2 Å². The van der Waals surface area contributed by atoms with E-state index in [4.69, 9.17) is 9.47 Å². The lowest BCUT2D eigenvalue weighted by atomic mass is 10.0. The SMILES string of the molecule is CC(C)(C)OC(=O)NCc1ccc(-c2cccc(NC(=O)OCc3ccccc3)c2)cc1. The number of alkyl carbamates (subject to hydrolysis) is 1. The third kappa shape index (κ3) is 7.47. The van der Waals surface area contributed by atoms with Gasteiger partial charge in [0, 0.05) is 12.2 Å². The van der Waals surface area contributed by atoms with Gasteiger partial charge in [0.2, 0.25) is 0 Å². The molecule has 0 spiro atoms. The van der Waals surface area contributed by atoms with Gasteiger partial charge < -0.3 is 14.8 Å². The highest BCUT2D eigenvalue weighted by atomic mass is 16.6. The van der Waals surface area contributed by atoms with Gasteiger partial charge in [-0.15, -0.1) is 0 Å². The number of hydrogen-bond acceptors (Lipinski definition) is 4. The first-order valence-electron chi connectivity index (χ1n) is 10.4. The smallest absolute Gasteiger partial charge is 0.411 e. The summed E-state index contributed by atoms with van der Waals surface area (Å²) in [6.45, 7) is 6.07. The predicted octanol–water partition coefficient (Wildman–Crippen LogP) is 6.13. The van der Waals surface area contributed by atoms with Crippen LogP contribution < -0.4 is 10.6 Å². The van der Waals surface area contributed by atoms with E-state index in [0.717, 1.165) is 22.3 Å². The average Bonchev–Trinajstić information content (AvgIpc) is 2.76. The summed E-state index contributed by atoms with van der Waals surface area (Å²) in [4.78, 5) is 23.9. The Morgan fingerprint density at radius 3 is 2.19 bits per heavy atom. The zero-order chi connectivity index (χ0) is 23.0. The Morgan fingerprint density at radius 1 is 0.781 bits per heavy atom. The van der Waals surface area contributed by atoms with E-state index in [1.165, 1.54) is 0 Å². The molecule has 32 heavy (non-hydrogen) atoms. The highest BCUT2D eigenvalue weighted by molar-refractivity contribution is 5.86. The van der Waals surface area contributed by atoms with Crippen molar-refractivity contribution in [3.8, 4) is 11.1 Å². The maximum Gasteiger partial charge on any atom is 0.411 e. The van der Waals surface area contributed by atoms with E-state index in [2.05, 4.69) is 10.6 Å². The molecule has 0 heterocycles. The minimum atomic E-state index is -0.527. The van der Waals surface area contributed by atoms with Crippen molar-refractivity contribution in [2.24, 2.45) is 0 Å². The van der Waals surface area contributed by atoms with Gasteiger partial charge in [-0.1, -0.05) is 66.7 Å². The van der Waals surface area contributed by atoms with Crippen molar-refractivity contribution >= 4 is 17.9 Å². The van der Waals surface area contributed by atoms with Crippen LogP contribution in [0.5, 0.6) is 0 Å². The summed E-state index contributed by atoms with van der Waals surface area (Å²) in [7, 11) is 0. The quantitative estimate of drug-likeness (QED) is 0.491. The minimum absolute atomic E-state index is 0.213. The van der Waals surface area contributed by atoms with Gasteiger partial charge in [-0.25, -0.2) is 9.59 Å². The van der Waals surface area contributed by atoms with Gasteiger partial charge in [-0.2, -0.15) is 0 Å². The number of nitrogens with one attached hydrogen (secondary N) is 2. The molecule has 0 unspecified atom stereocenters. The zero-order valence-corrected chi connectivity index (χ0v) is 18.6. The van der Waals surface area contributed by atoms with Crippen molar-refractivity contribution in [3.63, 3.8) is 0 Å². The van der Waals surface area contributed by atoms with Gasteiger partial charge >= 0.3 is 12.2 Å². The van der Waals surface area contributed by atoms with Gasteiger partial charge in [-0.3, -0.25) is 5.32 Å². The number of amides is 2. The van der Waals surface area contributed by atoms with Crippen molar-refractivity contribution in [1.82, 2.24) is 5.32 Å². The van der Waals surface area contributed by atoms with Crippen molar-refractivity contribution < 1.29 is 19.1 Å².